The minimum atomic E-state index is 0.0193. The van der Waals surface area contributed by atoms with Crippen molar-refractivity contribution >= 4 is 5.91 Å². The lowest BCUT2D eigenvalue weighted by Crippen LogP contribution is -2.35. The van der Waals surface area contributed by atoms with E-state index in [1.54, 1.807) is 4.90 Å². The van der Waals surface area contributed by atoms with Crippen LogP contribution in [0.5, 0.6) is 0 Å². The second-order valence-corrected chi connectivity index (χ2v) is 7.70. The number of amides is 1. The number of hydrogen-bond acceptors (Lipinski definition) is 4. The lowest BCUT2D eigenvalue weighted by Gasteiger charge is -2.26. The molecule has 1 unspecified atom stereocenters. The Morgan fingerprint density at radius 1 is 1.00 bits per heavy atom. The molecule has 146 valence electrons. The van der Waals surface area contributed by atoms with Crippen LogP contribution in [-0.4, -0.2) is 34.1 Å². The van der Waals surface area contributed by atoms with Crippen LogP contribution in [0.4, 0.5) is 0 Å². The van der Waals surface area contributed by atoms with Crippen LogP contribution >= 0.6 is 0 Å². The number of benzene rings is 2. The van der Waals surface area contributed by atoms with E-state index >= 15 is 0 Å². The van der Waals surface area contributed by atoms with Crippen molar-refractivity contribution in [1.82, 2.24) is 15.1 Å². The molecule has 0 radical (unpaired) electrons. The van der Waals surface area contributed by atoms with E-state index in [9.17, 15) is 4.79 Å². The van der Waals surface area contributed by atoms with Gasteiger partial charge in [0.1, 0.15) is 0 Å². The average molecular weight is 377 g/mol. The largest absolute Gasteiger partial charge is 0.416 e. The van der Waals surface area contributed by atoms with Gasteiger partial charge >= 0.3 is 0 Å². The minimum absolute atomic E-state index is 0.0193. The van der Waals surface area contributed by atoms with Crippen molar-refractivity contribution in [2.24, 2.45) is 5.92 Å². The Kier molecular flexibility index (Phi) is 5.93. The molecule has 0 fully saturated rings. The van der Waals surface area contributed by atoms with Gasteiger partial charge in [-0.05, 0) is 62.1 Å². The van der Waals surface area contributed by atoms with Gasteiger partial charge in [0, 0.05) is 29.8 Å². The second-order valence-electron chi connectivity index (χ2n) is 7.70. The molecule has 0 saturated heterocycles. The van der Waals surface area contributed by atoms with E-state index in [2.05, 4.69) is 31.0 Å². The molecule has 0 bridgehead atoms. The summed E-state index contributed by atoms with van der Waals surface area (Å²) in [7, 11) is 1.86. The van der Waals surface area contributed by atoms with Gasteiger partial charge in [0.2, 0.25) is 11.8 Å². The number of aromatic nitrogens is 2. The Morgan fingerprint density at radius 3 is 2.29 bits per heavy atom. The Bertz CT molecular complexity index is 944. The molecule has 1 atom stereocenters. The van der Waals surface area contributed by atoms with Crippen LogP contribution in [0.25, 0.3) is 22.9 Å². The molecule has 3 aromatic rings. The van der Waals surface area contributed by atoms with E-state index in [0.717, 1.165) is 23.1 Å². The van der Waals surface area contributed by atoms with Crippen molar-refractivity contribution in [3.05, 3.63) is 59.7 Å². The van der Waals surface area contributed by atoms with Gasteiger partial charge in [-0.15, -0.1) is 10.2 Å². The highest BCUT2D eigenvalue weighted by molar-refractivity contribution is 5.94. The van der Waals surface area contributed by atoms with E-state index in [4.69, 9.17) is 4.42 Å². The topological polar surface area (TPSA) is 59.2 Å². The molecule has 0 N–H and O–H groups in total. The van der Waals surface area contributed by atoms with Crippen LogP contribution in [0, 0.1) is 12.8 Å². The highest BCUT2D eigenvalue weighted by atomic mass is 16.4. The second kappa shape index (κ2) is 8.38. The molecule has 0 aliphatic heterocycles. The first-order valence-electron chi connectivity index (χ1n) is 9.64. The van der Waals surface area contributed by atoms with Crippen molar-refractivity contribution in [1.29, 1.82) is 0 Å². The third-order valence-corrected chi connectivity index (χ3v) is 4.97. The molecule has 28 heavy (non-hydrogen) atoms. The molecule has 0 saturated carbocycles. The summed E-state index contributed by atoms with van der Waals surface area (Å²) in [5.74, 6) is 1.51. The van der Waals surface area contributed by atoms with Gasteiger partial charge in [0.05, 0.1) is 0 Å². The lowest BCUT2D eigenvalue weighted by molar-refractivity contribution is 0.0728. The molecule has 1 aromatic heterocycles. The summed E-state index contributed by atoms with van der Waals surface area (Å²) in [4.78, 5) is 14.5. The van der Waals surface area contributed by atoms with E-state index in [1.807, 2.05) is 62.5 Å². The summed E-state index contributed by atoms with van der Waals surface area (Å²) in [6.45, 7) is 8.42. The molecule has 0 aliphatic rings. The molecule has 2 aromatic carbocycles. The maximum absolute atomic E-state index is 12.7. The molecule has 0 aliphatic carbocycles. The third kappa shape index (κ3) is 4.30. The fourth-order valence-corrected chi connectivity index (χ4v) is 3.26. The number of carbonyl (C=O) groups is 1. The van der Waals surface area contributed by atoms with Crippen LogP contribution in [0.1, 0.15) is 43.1 Å². The van der Waals surface area contributed by atoms with Gasteiger partial charge in [-0.1, -0.05) is 32.0 Å². The predicted octanol–water partition coefficient (Wildman–Crippen LogP) is 5.22. The normalized spacial score (nSPS) is 12.2. The summed E-state index contributed by atoms with van der Waals surface area (Å²) < 4.78 is 5.85. The molecule has 5 nitrogen and oxygen atoms in total. The fourth-order valence-electron chi connectivity index (χ4n) is 3.26. The van der Waals surface area contributed by atoms with Gasteiger partial charge in [0.25, 0.3) is 5.91 Å². The van der Waals surface area contributed by atoms with E-state index in [-0.39, 0.29) is 11.9 Å². The standard InChI is InChI=1S/C23H27N3O2/c1-15(2)14-17(4)26(5)23(27)19-12-10-18(11-13-19)21-24-25-22(28-21)20-9-7-6-8-16(20)3/h6-13,15,17H,14H2,1-5H3. The molecule has 5 heteroatoms. The fraction of sp³-hybridized carbons (Fsp3) is 0.348. The molecule has 3 rings (SSSR count). The monoisotopic (exact) mass is 377 g/mol. The number of aryl methyl sites for hydroxylation is 1. The lowest BCUT2D eigenvalue weighted by atomic mass is 10.0. The summed E-state index contributed by atoms with van der Waals surface area (Å²) >= 11 is 0. The van der Waals surface area contributed by atoms with Gasteiger partial charge in [-0.3, -0.25) is 4.79 Å². The maximum atomic E-state index is 12.7. The van der Waals surface area contributed by atoms with Crippen LogP contribution in [0.3, 0.4) is 0 Å². The number of nitrogens with zero attached hydrogens (tertiary/aromatic N) is 3. The first kappa shape index (κ1) is 19.8. The maximum Gasteiger partial charge on any atom is 0.253 e. The highest BCUT2D eigenvalue weighted by Crippen LogP contribution is 2.26. The van der Waals surface area contributed by atoms with Crippen molar-refractivity contribution in [3.8, 4) is 22.9 Å². The predicted molar refractivity (Wildman–Crippen MR) is 111 cm³/mol. The van der Waals surface area contributed by atoms with Crippen molar-refractivity contribution in [2.45, 2.75) is 40.2 Å². The van der Waals surface area contributed by atoms with E-state index < -0.39 is 0 Å². The highest BCUT2D eigenvalue weighted by Gasteiger charge is 2.19. The van der Waals surface area contributed by atoms with Gasteiger partial charge < -0.3 is 9.32 Å². The Labute approximate surface area is 166 Å². The zero-order valence-corrected chi connectivity index (χ0v) is 17.1. The molecular formula is C23H27N3O2. The zero-order chi connectivity index (χ0) is 20.3. The smallest absolute Gasteiger partial charge is 0.253 e. The summed E-state index contributed by atoms with van der Waals surface area (Å²) in [5, 5.41) is 8.33. The molecule has 1 heterocycles. The molecule has 0 spiro atoms. The zero-order valence-electron chi connectivity index (χ0n) is 17.1. The van der Waals surface area contributed by atoms with Gasteiger partial charge in [-0.2, -0.15) is 0 Å². The van der Waals surface area contributed by atoms with Crippen LogP contribution < -0.4 is 0 Å². The summed E-state index contributed by atoms with van der Waals surface area (Å²) in [5.41, 5.74) is 3.45. The summed E-state index contributed by atoms with van der Waals surface area (Å²) in [6.07, 6.45) is 0.976. The average Bonchev–Trinajstić information content (AvgIpc) is 3.16. The van der Waals surface area contributed by atoms with Crippen LogP contribution in [0.15, 0.2) is 52.9 Å². The minimum Gasteiger partial charge on any atom is -0.416 e. The Hall–Kier alpha value is -2.95. The van der Waals surface area contributed by atoms with Gasteiger partial charge in [0.15, 0.2) is 0 Å². The van der Waals surface area contributed by atoms with E-state index in [0.29, 0.717) is 23.3 Å². The van der Waals surface area contributed by atoms with Crippen molar-refractivity contribution in [2.75, 3.05) is 7.05 Å². The number of hydrogen-bond donors (Lipinski definition) is 0. The molecule has 1 amide bonds. The van der Waals surface area contributed by atoms with Crippen molar-refractivity contribution in [3.63, 3.8) is 0 Å². The van der Waals surface area contributed by atoms with Gasteiger partial charge in [-0.25, -0.2) is 0 Å². The van der Waals surface area contributed by atoms with Crippen LogP contribution in [-0.2, 0) is 0 Å². The van der Waals surface area contributed by atoms with Crippen LogP contribution in [0.2, 0.25) is 0 Å². The Balaban J connectivity index is 1.76. The number of carbonyl (C=O) groups excluding carboxylic acids is 1. The molecular weight excluding hydrogens is 350 g/mol. The van der Waals surface area contributed by atoms with E-state index in [1.165, 1.54) is 0 Å². The number of rotatable bonds is 6. The summed E-state index contributed by atoms with van der Waals surface area (Å²) in [6, 6.07) is 15.4. The Morgan fingerprint density at radius 2 is 1.64 bits per heavy atom. The van der Waals surface area contributed by atoms with Crippen molar-refractivity contribution < 1.29 is 9.21 Å². The quantitative estimate of drug-likeness (QED) is 0.591. The SMILES string of the molecule is Cc1ccccc1-c1nnc(-c2ccc(C(=O)N(C)C(C)CC(C)C)cc2)o1. The first-order chi connectivity index (χ1) is 13.4. The first-order valence-corrected chi connectivity index (χ1v) is 9.64. The third-order valence-electron chi connectivity index (χ3n) is 4.97.